The number of hydrogen-bond donors (Lipinski definition) is 1. The summed E-state index contributed by atoms with van der Waals surface area (Å²) in [7, 11) is 0. The van der Waals surface area contributed by atoms with E-state index in [0.717, 1.165) is 5.02 Å². The molecule has 0 saturated carbocycles. The van der Waals surface area contributed by atoms with E-state index in [0.29, 0.717) is 12.1 Å². The number of hydrogen-bond acceptors (Lipinski definition) is 2. The molecule has 1 nitrogen and oxygen atoms in total. The Labute approximate surface area is 125 Å². The summed E-state index contributed by atoms with van der Waals surface area (Å²) in [4.78, 5) is 1.33. The maximum absolute atomic E-state index is 5.90. The molecule has 0 aliphatic heterocycles. The topological polar surface area (TPSA) is 12.0 Å². The molecular formula is C14H15BrClNS. The Morgan fingerprint density at radius 1 is 1.11 bits per heavy atom. The van der Waals surface area contributed by atoms with Crippen LogP contribution in [0.4, 0.5) is 0 Å². The van der Waals surface area contributed by atoms with Gasteiger partial charge in [-0.15, -0.1) is 11.3 Å². The van der Waals surface area contributed by atoms with Gasteiger partial charge in [-0.3, -0.25) is 0 Å². The fourth-order valence-corrected chi connectivity index (χ4v) is 3.77. The molecule has 4 heteroatoms. The van der Waals surface area contributed by atoms with Crippen molar-refractivity contribution in [1.29, 1.82) is 0 Å². The SMILES string of the molecule is CC(N[C@@H](C)c1ccc(Cl)cc1)c1sccc1Br. The lowest BCUT2D eigenvalue weighted by molar-refractivity contribution is 0.499. The molecule has 1 N–H and O–H groups in total. The molecule has 2 atom stereocenters. The minimum atomic E-state index is 0.297. The second-order valence-corrected chi connectivity index (χ2v) is 6.53. The normalized spacial score (nSPS) is 14.4. The molecule has 2 rings (SSSR count). The van der Waals surface area contributed by atoms with Gasteiger partial charge in [0.2, 0.25) is 0 Å². The second-order valence-electron chi connectivity index (χ2n) is 4.29. The first-order valence-corrected chi connectivity index (χ1v) is 7.87. The minimum absolute atomic E-state index is 0.297. The first-order chi connectivity index (χ1) is 8.58. The van der Waals surface area contributed by atoms with Gasteiger partial charge in [-0.25, -0.2) is 0 Å². The number of benzene rings is 1. The summed E-state index contributed by atoms with van der Waals surface area (Å²) >= 11 is 11.2. The van der Waals surface area contributed by atoms with Crippen LogP contribution in [0.15, 0.2) is 40.2 Å². The summed E-state index contributed by atoms with van der Waals surface area (Å²) in [6, 6.07) is 10.7. The molecule has 1 unspecified atom stereocenters. The van der Waals surface area contributed by atoms with Crippen molar-refractivity contribution in [3.8, 4) is 0 Å². The summed E-state index contributed by atoms with van der Waals surface area (Å²) in [6.45, 7) is 4.35. The Kier molecular flexibility index (Phi) is 4.84. The van der Waals surface area contributed by atoms with Gasteiger partial charge in [0, 0.05) is 26.5 Å². The van der Waals surface area contributed by atoms with Gasteiger partial charge in [0.05, 0.1) is 0 Å². The van der Waals surface area contributed by atoms with Gasteiger partial charge in [-0.1, -0.05) is 23.7 Å². The van der Waals surface area contributed by atoms with E-state index in [9.17, 15) is 0 Å². The smallest absolute Gasteiger partial charge is 0.0406 e. The van der Waals surface area contributed by atoms with Crippen molar-refractivity contribution < 1.29 is 0 Å². The van der Waals surface area contributed by atoms with Crippen LogP contribution in [-0.4, -0.2) is 0 Å². The standard InChI is InChI=1S/C14H15BrClNS/c1-9(11-3-5-12(16)6-4-11)17-10(2)14-13(15)7-8-18-14/h3-10,17H,1-2H3/t9-,10?/m0/s1. The molecular weight excluding hydrogens is 330 g/mol. The Balaban J connectivity index is 2.05. The van der Waals surface area contributed by atoms with E-state index < -0.39 is 0 Å². The fraction of sp³-hybridized carbons (Fsp3) is 0.286. The Bertz CT molecular complexity index is 509. The zero-order chi connectivity index (χ0) is 13.1. The zero-order valence-corrected chi connectivity index (χ0v) is 13.4. The number of thiophene rings is 1. The van der Waals surface area contributed by atoms with Crippen LogP contribution in [-0.2, 0) is 0 Å². The Hall–Kier alpha value is -0.350. The van der Waals surface area contributed by atoms with Crippen LogP contribution in [0.2, 0.25) is 5.02 Å². The first-order valence-electron chi connectivity index (χ1n) is 5.82. The van der Waals surface area contributed by atoms with E-state index in [4.69, 9.17) is 11.6 Å². The third-order valence-corrected chi connectivity index (χ3v) is 5.21. The van der Waals surface area contributed by atoms with Crippen LogP contribution in [0.3, 0.4) is 0 Å². The highest BCUT2D eigenvalue weighted by Gasteiger charge is 2.14. The van der Waals surface area contributed by atoms with E-state index in [1.807, 2.05) is 12.1 Å². The minimum Gasteiger partial charge on any atom is -0.303 e. The molecule has 0 amide bonds. The summed E-state index contributed by atoms with van der Waals surface area (Å²) < 4.78 is 1.18. The summed E-state index contributed by atoms with van der Waals surface area (Å²) in [6.07, 6.45) is 0. The quantitative estimate of drug-likeness (QED) is 0.764. The van der Waals surface area contributed by atoms with Crippen LogP contribution in [0.1, 0.15) is 36.4 Å². The summed E-state index contributed by atoms with van der Waals surface area (Å²) in [5.74, 6) is 0. The van der Waals surface area contributed by atoms with Crippen LogP contribution < -0.4 is 5.32 Å². The van der Waals surface area contributed by atoms with Crippen molar-refractivity contribution in [2.45, 2.75) is 25.9 Å². The van der Waals surface area contributed by atoms with Crippen LogP contribution in [0, 0.1) is 0 Å². The van der Waals surface area contributed by atoms with Crippen molar-refractivity contribution in [2.75, 3.05) is 0 Å². The lowest BCUT2D eigenvalue weighted by atomic mass is 10.1. The molecule has 1 aromatic carbocycles. The zero-order valence-electron chi connectivity index (χ0n) is 10.3. The molecule has 0 radical (unpaired) electrons. The van der Waals surface area contributed by atoms with Crippen LogP contribution in [0.5, 0.6) is 0 Å². The second kappa shape index (κ2) is 6.20. The number of halogens is 2. The average molecular weight is 345 g/mol. The molecule has 2 aromatic rings. The monoisotopic (exact) mass is 343 g/mol. The van der Waals surface area contributed by atoms with Crippen molar-refractivity contribution in [3.63, 3.8) is 0 Å². The first kappa shape index (κ1) is 14.1. The fourth-order valence-electron chi connectivity index (χ4n) is 1.91. The van der Waals surface area contributed by atoms with E-state index in [1.165, 1.54) is 14.9 Å². The van der Waals surface area contributed by atoms with Gasteiger partial charge in [0.25, 0.3) is 0 Å². The highest BCUT2D eigenvalue weighted by atomic mass is 79.9. The molecule has 18 heavy (non-hydrogen) atoms. The van der Waals surface area contributed by atoms with Gasteiger partial charge >= 0.3 is 0 Å². The lowest BCUT2D eigenvalue weighted by Gasteiger charge is -2.20. The molecule has 0 aliphatic carbocycles. The van der Waals surface area contributed by atoms with Crippen molar-refractivity contribution in [3.05, 3.63) is 55.6 Å². The maximum atomic E-state index is 5.90. The van der Waals surface area contributed by atoms with E-state index in [2.05, 4.69) is 58.7 Å². The number of rotatable bonds is 4. The Morgan fingerprint density at radius 3 is 2.33 bits per heavy atom. The van der Waals surface area contributed by atoms with Crippen molar-refractivity contribution >= 4 is 38.9 Å². The summed E-state index contributed by atoms with van der Waals surface area (Å²) in [5.41, 5.74) is 1.25. The largest absolute Gasteiger partial charge is 0.303 e. The molecule has 0 fully saturated rings. The van der Waals surface area contributed by atoms with E-state index in [-0.39, 0.29) is 0 Å². The average Bonchev–Trinajstić information content (AvgIpc) is 2.76. The summed E-state index contributed by atoms with van der Waals surface area (Å²) in [5, 5.41) is 6.48. The third kappa shape index (κ3) is 3.35. The van der Waals surface area contributed by atoms with Gasteiger partial charge in [0.1, 0.15) is 0 Å². The third-order valence-electron chi connectivity index (χ3n) is 2.91. The van der Waals surface area contributed by atoms with Crippen LogP contribution in [0.25, 0.3) is 0 Å². The van der Waals surface area contributed by atoms with Gasteiger partial charge in [0.15, 0.2) is 0 Å². The molecule has 1 heterocycles. The molecule has 96 valence electrons. The molecule has 0 saturated heterocycles. The molecule has 0 bridgehead atoms. The number of nitrogens with one attached hydrogen (secondary N) is 1. The lowest BCUT2D eigenvalue weighted by Crippen LogP contribution is -2.21. The molecule has 0 spiro atoms. The predicted molar refractivity (Wildman–Crippen MR) is 83.4 cm³/mol. The van der Waals surface area contributed by atoms with Crippen molar-refractivity contribution in [2.24, 2.45) is 0 Å². The van der Waals surface area contributed by atoms with Gasteiger partial charge in [-0.2, -0.15) is 0 Å². The molecule has 0 aliphatic rings. The maximum Gasteiger partial charge on any atom is 0.0406 e. The predicted octanol–water partition coefficient (Wildman–Crippen LogP) is 5.58. The van der Waals surface area contributed by atoms with Gasteiger partial charge < -0.3 is 5.32 Å². The van der Waals surface area contributed by atoms with Gasteiger partial charge in [-0.05, 0) is 58.9 Å². The highest BCUT2D eigenvalue weighted by Crippen LogP contribution is 2.30. The van der Waals surface area contributed by atoms with Crippen LogP contribution >= 0.6 is 38.9 Å². The highest BCUT2D eigenvalue weighted by molar-refractivity contribution is 9.10. The molecule has 1 aromatic heterocycles. The van der Waals surface area contributed by atoms with E-state index >= 15 is 0 Å². The van der Waals surface area contributed by atoms with E-state index in [1.54, 1.807) is 11.3 Å². The Morgan fingerprint density at radius 2 is 1.78 bits per heavy atom. The van der Waals surface area contributed by atoms with Crippen molar-refractivity contribution in [1.82, 2.24) is 5.32 Å².